The Morgan fingerprint density at radius 1 is 1.05 bits per heavy atom. The van der Waals surface area contributed by atoms with Crippen molar-refractivity contribution in [1.29, 1.82) is 0 Å². The molecule has 2 aliphatic heterocycles. The van der Waals surface area contributed by atoms with E-state index in [9.17, 15) is 14.4 Å². The Kier molecular flexibility index (Phi) is 10.3. The molecular weight excluding hydrogens is 560 g/mol. The van der Waals surface area contributed by atoms with E-state index in [1.807, 2.05) is 60.7 Å². The van der Waals surface area contributed by atoms with Gasteiger partial charge in [0, 0.05) is 36.0 Å². The van der Waals surface area contributed by atoms with E-state index in [0.29, 0.717) is 36.4 Å². The second-order valence-corrected chi connectivity index (χ2v) is 11.0. The summed E-state index contributed by atoms with van der Waals surface area (Å²) in [6, 6.07) is 15.4. The van der Waals surface area contributed by atoms with Gasteiger partial charge >= 0.3 is 12.0 Å². The first-order chi connectivity index (χ1) is 21.5. The van der Waals surface area contributed by atoms with Crippen LogP contribution in [0.25, 0.3) is 22.2 Å². The lowest BCUT2D eigenvalue weighted by molar-refractivity contribution is -0.148. The molecule has 3 amide bonds. The van der Waals surface area contributed by atoms with Gasteiger partial charge in [0.1, 0.15) is 29.7 Å². The van der Waals surface area contributed by atoms with Crippen molar-refractivity contribution in [2.24, 2.45) is 0 Å². The monoisotopic (exact) mass is 600 g/mol. The van der Waals surface area contributed by atoms with Gasteiger partial charge in [-0.2, -0.15) is 0 Å². The van der Waals surface area contributed by atoms with Crippen molar-refractivity contribution < 1.29 is 28.6 Å². The molecule has 1 fully saturated rings. The molecule has 3 aromatic rings. The predicted molar refractivity (Wildman–Crippen MR) is 167 cm³/mol. The molecule has 1 saturated heterocycles. The third kappa shape index (κ3) is 7.48. The molecule has 5 rings (SSSR count). The number of fused-ring (bicyclic) bond motifs is 2. The zero-order valence-electron chi connectivity index (χ0n) is 25.3. The number of allylic oxidation sites excluding steroid dienone is 2. The average Bonchev–Trinajstić information content (AvgIpc) is 3.47. The number of aromatic nitrogens is 1. The molecule has 0 saturated carbocycles. The molecule has 2 aliphatic rings. The Balaban J connectivity index is 1.43. The summed E-state index contributed by atoms with van der Waals surface area (Å²) >= 11 is 0. The molecule has 2 N–H and O–H groups in total. The van der Waals surface area contributed by atoms with E-state index in [1.165, 1.54) is 4.90 Å². The molecule has 3 heterocycles. The smallest absolute Gasteiger partial charge is 0.328 e. The van der Waals surface area contributed by atoms with E-state index in [1.54, 1.807) is 14.0 Å². The number of benzene rings is 2. The largest absolute Gasteiger partial charge is 0.497 e. The van der Waals surface area contributed by atoms with Gasteiger partial charge in [-0.1, -0.05) is 42.5 Å². The van der Waals surface area contributed by atoms with Crippen LogP contribution < -0.4 is 20.1 Å². The van der Waals surface area contributed by atoms with Crippen LogP contribution in [-0.2, 0) is 14.3 Å². The minimum Gasteiger partial charge on any atom is -0.497 e. The molecule has 2 aromatic carbocycles. The van der Waals surface area contributed by atoms with Crippen LogP contribution >= 0.6 is 0 Å². The molecule has 0 spiro atoms. The van der Waals surface area contributed by atoms with E-state index in [2.05, 4.69) is 16.7 Å². The van der Waals surface area contributed by atoms with Gasteiger partial charge in [-0.15, -0.1) is 0 Å². The summed E-state index contributed by atoms with van der Waals surface area (Å²) in [4.78, 5) is 46.2. The number of carbonyl (C=O) groups excluding carboxylic acids is 3. The highest BCUT2D eigenvalue weighted by Gasteiger charge is 2.42. The van der Waals surface area contributed by atoms with E-state index in [-0.39, 0.29) is 25.6 Å². The molecule has 10 nitrogen and oxygen atoms in total. The van der Waals surface area contributed by atoms with Crippen LogP contribution in [0.2, 0.25) is 0 Å². The van der Waals surface area contributed by atoms with E-state index in [4.69, 9.17) is 19.2 Å². The second-order valence-electron chi connectivity index (χ2n) is 11.0. The minimum atomic E-state index is -0.820. The number of hydrogen-bond donors (Lipinski definition) is 2. The molecule has 232 valence electrons. The maximum Gasteiger partial charge on any atom is 0.328 e. The highest BCUT2D eigenvalue weighted by Crippen LogP contribution is 2.34. The summed E-state index contributed by atoms with van der Waals surface area (Å²) in [5.41, 5.74) is 2.37. The second kappa shape index (κ2) is 14.7. The Bertz CT molecular complexity index is 1490. The number of amides is 3. The number of ether oxygens (including phenoxy) is 3. The normalized spacial score (nSPS) is 21.4. The Hall–Kier alpha value is -4.60. The number of pyridine rings is 1. The fourth-order valence-electron chi connectivity index (χ4n) is 5.64. The minimum absolute atomic E-state index is 0.205. The van der Waals surface area contributed by atoms with Crippen LogP contribution in [0.15, 0.2) is 66.7 Å². The summed E-state index contributed by atoms with van der Waals surface area (Å²) in [6.07, 6.45) is 7.55. The number of carbonyl (C=O) groups is 3. The molecule has 3 unspecified atom stereocenters. The first-order valence-electron chi connectivity index (χ1n) is 15.3. The van der Waals surface area contributed by atoms with Crippen molar-refractivity contribution in [1.82, 2.24) is 20.5 Å². The number of rotatable bonds is 6. The molecule has 3 atom stereocenters. The van der Waals surface area contributed by atoms with Crippen LogP contribution in [0.4, 0.5) is 4.79 Å². The number of methoxy groups -OCH3 is 1. The lowest BCUT2D eigenvalue weighted by Gasteiger charge is -2.25. The molecular formula is C34H40N4O6. The highest BCUT2D eigenvalue weighted by molar-refractivity contribution is 5.91. The Morgan fingerprint density at radius 2 is 1.86 bits per heavy atom. The third-order valence-corrected chi connectivity index (χ3v) is 7.92. The van der Waals surface area contributed by atoms with Crippen LogP contribution in [0.3, 0.4) is 0 Å². The topological polar surface area (TPSA) is 119 Å². The van der Waals surface area contributed by atoms with Crippen molar-refractivity contribution in [3.8, 4) is 22.8 Å². The van der Waals surface area contributed by atoms with Gasteiger partial charge in [-0.25, -0.2) is 14.6 Å². The number of urea groups is 1. The van der Waals surface area contributed by atoms with Crippen LogP contribution in [-0.4, -0.2) is 72.8 Å². The van der Waals surface area contributed by atoms with E-state index >= 15 is 0 Å². The van der Waals surface area contributed by atoms with E-state index < -0.39 is 30.1 Å². The highest BCUT2D eigenvalue weighted by atomic mass is 16.5. The van der Waals surface area contributed by atoms with Gasteiger partial charge in [0.15, 0.2) is 0 Å². The Morgan fingerprint density at radius 3 is 2.66 bits per heavy atom. The zero-order chi connectivity index (χ0) is 30.9. The fourth-order valence-corrected chi connectivity index (χ4v) is 5.64. The summed E-state index contributed by atoms with van der Waals surface area (Å²) in [5, 5.41) is 6.63. The fraction of sp³-hybridized carbons (Fsp3) is 0.412. The first-order valence-corrected chi connectivity index (χ1v) is 15.3. The standard InChI is InChI=1S/C34H40N4O6/c1-3-43-33(40)27-15-11-6-4-5-7-12-18-35-34(41)38-22-25(20-30(38)32(39)37-27)44-31-21-28(23-13-9-8-10-14-23)36-29-19-24(42-2)16-17-26(29)31/h4,6,8-10,13-14,16-17,19,21,25,27,30H,3,5,7,11-12,15,18,20,22H2,1-2H3,(H,35,41)(H,37,39). The van der Waals surface area contributed by atoms with Crippen LogP contribution in [0.5, 0.6) is 11.5 Å². The number of hydrogen-bond acceptors (Lipinski definition) is 7. The van der Waals surface area contributed by atoms with Gasteiger partial charge in [0.2, 0.25) is 5.91 Å². The summed E-state index contributed by atoms with van der Waals surface area (Å²) in [7, 11) is 1.61. The molecule has 0 radical (unpaired) electrons. The lowest BCUT2D eigenvalue weighted by atomic mass is 10.1. The number of esters is 1. The van der Waals surface area contributed by atoms with Crippen molar-refractivity contribution in [3.05, 3.63) is 66.7 Å². The molecule has 0 aliphatic carbocycles. The van der Waals surface area contributed by atoms with Gasteiger partial charge < -0.3 is 29.7 Å². The van der Waals surface area contributed by atoms with Gasteiger partial charge in [-0.05, 0) is 51.2 Å². The average molecular weight is 601 g/mol. The summed E-state index contributed by atoms with van der Waals surface area (Å²) in [6.45, 7) is 2.66. The lowest BCUT2D eigenvalue weighted by Crippen LogP contribution is -2.53. The maximum atomic E-state index is 13.7. The Labute approximate surface area is 257 Å². The predicted octanol–water partition coefficient (Wildman–Crippen LogP) is 5.01. The van der Waals surface area contributed by atoms with Gasteiger partial charge in [-0.3, -0.25) is 4.79 Å². The van der Waals surface area contributed by atoms with E-state index in [0.717, 1.165) is 35.9 Å². The molecule has 1 aromatic heterocycles. The van der Waals surface area contributed by atoms with Crippen molar-refractivity contribution >= 4 is 28.8 Å². The van der Waals surface area contributed by atoms with Crippen molar-refractivity contribution in [3.63, 3.8) is 0 Å². The SMILES string of the molecule is CCOC(=O)C1CCC=CCCCCNC(=O)N2CC(Oc3cc(-c4ccccc4)nc4cc(OC)ccc34)CC2C(=O)N1. The third-order valence-electron chi connectivity index (χ3n) is 7.92. The van der Waals surface area contributed by atoms with Crippen LogP contribution in [0, 0.1) is 0 Å². The molecule has 44 heavy (non-hydrogen) atoms. The number of nitrogens with zero attached hydrogens (tertiary/aromatic N) is 2. The van der Waals surface area contributed by atoms with Gasteiger partial charge in [0.05, 0.1) is 31.5 Å². The van der Waals surface area contributed by atoms with Crippen LogP contribution in [0.1, 0.15) is 45.4 Å². The molecule has 0 bridgehead atoms. The van der Waals surface area contributed by atoms with Crippen molar-refractivity contribution in [2.75, 3.05) is 26.8 Å². The summed E-state index contributed by atoms with van der Waals surface area (Å²) < 4.78 is 17.3. The maximum absolute atomic E-state index is 13.7. The quantitative estimate of drug-likeness (QED) is 0.302. The van der Waals surface area contributed by atoms with Gasteiger partial charge in [0.25, 0.3) is 0 Å². The number of nitrogens with one attached hydrogen (secondary N) is 2. The molecule has 10 heteroatoms. The van der Waals surface area contributed by atoms with Crippen molar-refractivity contribution in [2.45, 2.75) is 63.6 Å². The zero-order valence-corrected chi connectivity index (χ0v) is 25.3. The first kappa shape index (κ1) is 30.8. The summed E-state index contributed by atoms with van der Waals surface area (Å²) in [5.74, 6) is 0.388.